The number of likely N-dealkylation sites (tertiary alicyclic amines) is 1. The smallest absolute Gasteiger partial charge is 0.221 e. The molecular formula is C19H30N4O. The van der Waals surface area contributed by atoms with Gasteiger partial charge in [0.1, 0.15) is 0 Å². The quantitative estimate of drug-likeness (QED) is 0.658. The number of benzene rings is 1. The van der Waals surface area contributed by atoms with Crippen molar-refractivity contribution in [3.63, 3.8) is 0 Å². The highest BCUT2D eigenvalue weighted by Gasteiger charge is 2.53. The third-order valence-corrected chi connectivity index (χ3v) is 5.13. The molecule has 2 N–H and O–H groups in total. The van der Waals surface area contributed by atoms with E-state index >= 15 is 0 Å². The molecule has 0 aliphatic carbocycles. The van der Waals surface area contributed by atoms with E-state index < -0.39 is 0 Å². The summed E-state index contributed by atoms with van der Waals surface area (Å²) in [7, 11) is 0. The van der Waals surface area contributed by atoms with Crippen LogP contribution in [0.25, 0.3) is 0 Å². The molecule has 0 radical (unpaired) electrons. The Bertz CT molecular complexity index is 634. The minimum atomic E-state index is -0.0615. The van der Waals surface area contributed by atoms with Crippen molar-refractivity contribution >= 4 is 17.6 Å². The molecule has 1 amide bonds. The van der Waals surface area contributed by atoms with Crippen molar-refractivity contribution in [1.29, 1.82) is 0 Å². The van der Waals surface area contributed by atoms with Gasteiger partial charge in [-0.15, -0.1) is 0 Å². The Balaban J connectivity index is 2.14. The highest BCUT2D eigenvalue weighted by Crippen LogP contribution is 2.46. The van der Waals surface area contributed by atoms with Gasteiger partial charge in [-0.1, -0.05) is 26.0 Å². The first-order chi connectivity index (χ1) is 11.2. The van der Waals surface area contributed by atoms with Gasteiger partial charge < -0.3 is 15.5 Å². The molecule has 0 bridgehead atoms. The zero-order valence-corrected chi connectivity index (χ0v) is 15.7. The SMILES string of the molecule is CCNC(=NCc1cccc(NC(C)=O)c1)N1CC(C)(C)C1(C)C. The number of carbonyl (C=O) groups is 1. The number of carbonyl (C=O) groups excluding carboxylic acids is 1. The molecule has 1 fully saturated rings. The molecule has 1 aromatic rings. The lowest BCUT2D eigenvalue weighted by molar-refractivity contribution is -0.114. The Hall–Kier alpha value is -2.04. The summed E-state index contributed by atoms with van der Waals surface area (Å²) in [5.74, 6) is 0.889. The lowest BCUT2D eigenvalue weighted by Crippen LogP contribution is -2.72. The van der Waals surface area contributed by atoms with Crippen molar-refractivity contribution in [3.8, 4) is 0 Å². The second kappa shape index (κ2) is 6.83. The van der Waals surface area contributed by atoms with Gasteiger partial charge in [0.25, 0.3) is 0 Å². The first kappa shape index (κ1) is 18.3. The van der Waals surface area contributed by atoms with Crippen molar-refractivity contribution in [1.82, 2.24) is 10.2 Å². The standard InChI is InChI=1S/C19H30N4O/c1-7-20-17(23-13-18(3,4)19(23,5)6)21-12-15-9-8-10-16(11-15)22-14(2)24/h8-11H,7,12-13H2,1-6H3,(H,20,21)(H,22,24). The molecule has 5 heteroatoms. The average molecular weight is 330 g/mol. The third kappa shape index (κ3) is 3.71. The molecule has 5 nitrogen and oxygen atoms in total. The highest BCUT2D eigenvalue weighted by atomic mass is 16.1. The predicted molar refractivity (Wildman–Crippen MR) is 100 cm³/mol. The fourth-order valence-electron chi connectivity index (χ4n) is 2.91. The van der Waals surface area contributed by atoms with Gasteiger partial charge in [-0.25, -0.2) is 4.99 Å². The molecule has 24 heavy (non-hydrogen) atoms. The maximum absolute atomic E-state index is 11.2. The van der Waals surface area contributed by atoms with Crippen LogP contribution in [0.15, 0.2) is 29.3 Å². The van der Waals surface area contributed by atoms with E-state index in [1.54, 1.807) is 0 Å². The van der Waals surface area contributed by atoms with Gasteiger partial charge in [0.2, 0.25) is 5.91 Å². The minimum Gasteiger partial charge on any atom is -0.356 e. The number of anilines is 1. The molecule has 2 rings (SSSR count). The number of nitrogens with zero attached hydrogens (tertiary/aromatic N) is 2. The highest BCUT2D eigenvalue weighted by molar-refractivity contribution is 5.88. The number of nitrogens with one attached hydrogen (secondary N) is 2. The summed E-state index contributed by atoms with van der Waals surface area (Å²) in [6.45, 7) is 15.2. The topological polar surface area (TPSA) is 56.7 Å². The zero-order valence-electron chi connectivity index (χ0n) is 15.7. The van der Waals surface area contributed by atoms with E-state index in [4.69, 9.17) is 4.99 Å². The number of rotatable bonds is 4. The van der Waals surface area contributed by atoms with Crippen LogP contribution in [0.3, 0.4) is 0 Å². The molecule has 1 aromatic carbocycles. The van der Waals surface area contributed by atoms with Gasteiger partial charge in [-0.2, -0.15) is 0 Å². The summed E-state index contributed by atoms with van der Waals surface area (Å²) >= 11 is 0. The van der Waals surface area contributed by atoms with Crippen LogP contribution in [-0.4, -0.2) is 35.4 Å². The fraction of sp³-hybridized carbons (Fsp3) is 0.579. The lowest BCUT2D eigenvalue weighted by Gasteiger charge is -2.62. The molecule has 1 aliphatic heterocycles. The molecule has 0 saturated carbocycles. The molecule has 1 saturated heterocycles. The summed E-state index contributed by atoms with van der Waals surface area (Å²) in [5.41, 5.74) is 2.24. The Morgan fingerprint density at radius 3 is 2.54 bits per heavy atom. The van der Waals surface area contributed by atoms with Crippen LogP contribution in [0.4, 0.5) is 5.69 Å². The largest absolute Gasteiger partial charge is 0.356 e. The molecule has 1 aliphatic rings. The van der Waals surface area contributed by atoms with Crippen LogP contribution in [0.5, 0.6) is 0 Å². The van der Waals surface area contributed by atoms with Crippen molar-refractivity contribution < 1.29 is 4.79 Å². The predicted octanol–water partition coefficient (Wildman–Crippen LogP) is 3.23. The number of aliphatic imine (C=N–C) groups is 1. The van der Waals surface area contributed by atoms with Gasteiger partial charge in [0, 0.05) is 36.7 Å². The molecule has 0 aromatic heterocycles. The van der Waals surface area contributed by atoms with Crippen molar-refractivity contribution in [2.45, 2.75) is 53.6 Å². The van der Waals surface area contributed by atoms with Crippen LogP contribution in [0, 0.1) is 5.41 Å². The number of hydrogen-bond acceptors (Lipinski definition) is 2. The van der Waals surface area contributed by atoms with Crippen LogP contribution < -0.4 is 10.6 Å². The second-order valence-electron chi connectivity index (χ2n) is 7.58. The maximum Gasteiger partial charge on any atom is 0.221 e. The van der Waals surface area contributed by atoms with E-state index in [-0.39, 0.29) is 16.9 Å². The van der Waals surface area contributed by atoms with Crippen molar-refractivity contribution in [2.75, 3.05) is 18.4 Å². The number of hydrogen-bond donors (Lipinski definition) is 2. The summed E-state index contributed by atoms with van der Waals surface area (Å²) in [6, 6.07) is 7.84. The Labute approximate surface area is 145 Å². The first-order valence-electron chi connectivity index (χ1n) is 8.60. The Kier molecular flexibility index (Phi) is 5.21. The monoisotopic (exact) mass is 330 g/mol. The summed E-state index contributed by atoms with van der Waals surface area (Å²) in [6.07, 6.45) is 0. The van der Waals surface area contributed by atoms with E-state index in [0.29, 0.717) is 6.54 Å². The van der Waals surface area contributed by atoms with Crippen LogP contribution >= 0.6 is 0 Å². The average Bonchev–Trinajstić information content (AvgIpc) is 2.49. The second-order valence-corrected chi connectivity index (χ2v) is 7.58. The number of guanidine groups is 1. The van der Waals surface area contributed by atoms with Crippen LogP contribution in [0.2, 0.25) is 0 Å². The third-order valence-electron chi connectivity index (χ3n) is 5.13. The number of amides is 1. The van der Waals surface area contributed by atoms with Gasteiger partial charge in [0.15, 0.2) is 5.96 Å². The van der Waals surface area contributed by atoms with Gasteiger partial charge >= 0.3 is 0 Å². The maximum atomic E-state index is 11.2. The van der Waals surface area contributed by atoms with Crippen molar-refractivity contribution in [3.05, 3.63) is 29.8 Å². The molecule has 0 spiro atoms. The normalized spacial score (nSPS) is 18.8. The lowest BCUT2D eigenvalue weighted by atomic mass is 9.65. The van der Waals surface area contributed by atoms with Crippen LogP contribution in [-0.2, 0) is 11.3 Å². The van der Waals surface area contributed by atoms with E-state index in [0.717, 1.165) is 30.3 Å². The zero-order chi connectivity index (χ0) is 18.0. The Morgan fingerprint density at radius 2 is 2.00 bits per heavy atom. The molecule has 1 heterocycles. The van der Waals surface area contributed by atoms with E-state index in [1.807, 2.05) is 24.3 Å². The van der Waals surface area contributed by atoms with E-state index in [2.05, 4.69) is 50.2 Å². The fourth-order valence-corrected chi connectivity index (χ4v) is 2.91. The van der Waals surface area contributed by atoms with Gasteiger partial charge in [0.05, 0.1) is 6.54 Å². The molecule has 0 unspecified atom stereocenters. The van der Waals surface area contributed by atoms with E-state index in [1.165, 1.54) is 6.92 Å². The van der Waals surface area contributed by atoms with Gasteiger partial charge in [-0.05, 0) is 38.5 Å². The van der Waals surface area contributed by atoms with Crippen molar-refractivity contribution in [2.24, 2.45) is 10.4 Å². The van der Waals surface area contributed by atoms with E-state index in [9.17, 15) is 4.79 Å². The Morgan fingerprint density at radius 1 is 1.29 bits per heavy atom. The van der Waals surface area contributed by atoms with Gasteiger partial charge in [-0.3, -0.25) is 4.79 Å². The summed E-state index contributed by atoms with van der Waals surface area (Å²) < 4.78 is 0. The summed E-state index contributed by atoms with van der Waals surface area (Å²) in [4.78, 5) is 18.3. The molecule has 132 valence electrons. The molecular weight excluding hydrogens is 300 g/mol. The van der Waals surface area contributed by atoms with Crippen LogP contribution in [0.1, 0.15) is 47.1 Å². The first-order valence-corrected chi connectivity index (χ1v) is 8.60. The summed E-state index contributed by atoms with van der Waals surface area (Å²) in [5, 5.41) is 6.21. The molecule has 0 atom stereocenters. The minimum absolute atomic E-state index is 0.0615.